The third-order valence-corrected chi connectivity index (χ3v) is 6.49. The van der Waals surface area contributed by atoms with Gasteiger partial charge in [-0.1, -0.05) is 24.0 Å². The van der Waals surface area contributed by atoms with E-state index in [0.29, 0.717) is 35.8 Å². The molecule has 3 aromatic rings. The van der Waals surface area contributed by atoms with Crippen LogP contribution in [0.5, 0.6) is 11.5 Å². The Morgan fingerprint density at radius 2 is 1.93 bits per heavy atom. The second-order valence-corrected chi connectivity index (χ2v) is 9.57. The second kappa shape index (κ2) is 12.7. The molecule has 0 radical (unpaired) electrons. The van der Waals surface area contributed by atoms with Gasteiger partial charge in [-0.3, -0.25) is 19.7 Å². The van der Waals surface area contributed by atoms with Crippen molar-refractivity contribution in [3.63, 3.8) is 0 Å². The minimum Gasteiger partial charge on any atom is -0.457 e. The van der Waals surface area contributed by atoms with Gasteiger partial charge in [-0.2, -0.15) is 13.2 Å². The number of halogens is 3. The first kappa shape index (κ1) is 27.9. The van der Waals surface area contributed by atoms with Crippen LogP contribution in [0.15, 0.2) is 71.9 Å². The summed E-state index contributed by atoms with van der Waals surface area (Å²) in [5, 5.41) is 5.67. The van der Waals surface area contributed by atoms with Crippen LogP contribution >= 0.6 is 0 Å². The fraction of sp³-hybridized carbons (Fsp3) is 0.258. The van der Waals surface area contributed by atoms with E-state index in [9.17, 15) is 18.0 Å². The van der Waals surface area contributed by atoms with E-state index in [2.05, 4.69) is 37.4 Å². The number of ether oxygens (including phenoxy) is 1. The number of alkyl halides is 3. The maximum atomic E-state index is 13.7. The number of benzene rings is 2. The van der Waals surface area contributed by atoms with Crippen molar-refractivity contribution >= 4 is 23.5 Å². The Morgan fingerprint density at radius 3 is 2.71 bits per heavy atom. The molecule has 1 aromatic heterocycles. The number of nitrogens with one attached hydrogen (secondary N) is 2. The summed E-state index contributed by atoms with van der Waals surface area (Å²) in [5.74, 6) is 6.77. The number of carbonyl (C=O) groups excluding carboxylic acids is 1. The molecule has 1 amide bonds. The molecule has 0 aliphatic carbocycles. The summed E-state index contributed by atoms with van der Waals surface area (Å²) in [7, 11) is 0. The summed E-state index contributed by atoms with van der Waals surface area (Å²) in [4.78, 5) is 23.3. The summed E-state index contributed by atoms with van der Waals surface area (Å²) in [6, 6.07) is 14.2. The Morgan fingerprint density at radius 1 is 1.10 bits per heavy atom. The quantitative estimate of drug-likeness (QED) is 0.302. The molecule has 2 aliphatic heterocycles. The molecule has 2 aliphatic rings. The van der Waals surface area contributed by atoms with E-state index in [-0.39, 0.29) is 11.3 Å². The maximum Gasteiger partial charge on any atom is 0.417 e. The number of amides is 1. The Kier molecular flexibility index (Phi) is 8.65. The molecule has 1 saturated heterocycles. The zero-order valence-corrected chi connectivity index (χ0v) is 22.2. The first-order chi connectivity index (χ1) is 19.8. The van der Waals surface area contributed by atoms with Crippen molar-refractivity contribution in [2.45, 2.75) is 19.0 Å². The summed E-state index contributed by atoms with van der Waals surface area (Å²) < 4.78 is 47.1. The molecule has 1 fully saturated rings. The predicted molar refractivity (Wildman–Crippen MR) is 152 cm³/mol. The van der Waals surface area contributed by atoms with Crippen LogP contribution < -0.4 is 15.4 Å². The van der Waals surface area contributed by atoms with Crippen LogP contribution in [-0.4, -0.2) is 54.4 Å². The van der Waals surface area contributed by atoms with Crippen molar-refractivity contribution in [1.29, 1.82) is 0 Å². The number of anilines is 1. The number of likely N-dealkylation sites (tertiary alicyclic amines) is 1. The molecule has 2 N–H and O–H groups in total. The van der Waals surface area contributed by atoms with Crippen LogP contribution in [0.1, 0.15) is 35.2 Å². The van der Waals surface area contributed by atoms with Crippen LogP contribution in [0.25, 0.3) is 6.08 Å². The number of hydrogen-bond donors (Lipinski definition) is 2. The first-order valence-corrected chi connectivity index (χ1v) is 13.3. The van der Waals surface area contributed by atoms with Crippen LogP contribution in [-0.2, 0) is 11.0 Å². The smallest absolute Gasteiger partial charge is 0.417 e. The number of hydrogen-bond acceptors (Lipinski definition) is 6. The van der Waals surface area contributed by atoms with Gasteiger partial charge >= 0.3 is 6.18 Å². The maximum absolute atomic E-state index is 13.7. The van der Waals surface area contributed by atoms with Crippen molar-refractivity contribution in [2.24, 2.45) is 4.99 Å². The third-order valence-electron chi connectivity index (χ3n) is 6.49. The molecular weight excluding hydrogens is 531 g/mol. The van der Waals surface area contributed by atoms with Gasteiger partial charge in [-0.05, 0) is 74.0 Å². The van der Waals surface area contributed by atoms with Crippen molar-refractivity contribution in [1.82, 2.24) is 15.2 Å². The number of nitrogens with zero attached hydrogens (tertiary/aromatic N) is 3. The van der Waals surface area contributed by atoms with Gasteiger partial charge in [0.25, 0.3) is 0 Å². The molecule has 41 heavy (non-hydrogen) atoms. The van der Waals surface area contributed by atoms with Gasteiger partial charge in [0, 0.05) is 36.1 Å². The highest BCUT2D eigenvalue weighted by molar-refractivity contribution is 6.02. The third kappa shape index (κ3) is 7.74. The Labute approximate surface area is 236 Å². The van der Waals surface area contributed by atoms with Crippen molar-refractivity contribution in [3.8, 4) is 23.3 Å². The van der Waals surface area contributed by atoms with Gasteiger partial charge in [0.2, 0.25) is 5.91 Å². The lowest BCUT2D eigenvalue weighted by atomic mass is 10.1. The lowest BCUT2D eigenvalue weighted by molar-refractivity contribution is -0.137. The zero-order chi connectivity index (χ0) is 28.7. The van der Waals surface area contributed by atoms with Gasteiger partial charge in [0.15, 0.2) is 0 Å². The number of amidine groups is 1. The highest BCUT2D eigenvalue weighted by Gasteiger charge is 2.33. The average Bonchev–Trinajstić information content (AvgIpc) is 3.68. The van der Waals surface area contributed by atoms with Gasteiger partial charge in [0.1, 0.15) is 23.0 Å². The Bertz CT molecular complexity index is 1530. The van der Waals surface area contributed by atoms with Crippen LogP contribution in [0, 0.1) is 11.8 Å². The Hall–Kier alpha value is -4.62. The number of aromatic nitrogens is 1. The van der Waals surface area contributed by atoms with E-state index >= 15 is 0 Å². The molecule has 7 nitrogen and oxygen atoms in total. The molecule has 5 rings (SSSR count). The molecule has 0 atom stereocenters. The van der Waals surface area contributed by atoms with Crippen molar-refractivity contribution in [2.75, 3.05) is 38.0 Å². The predicted octanol–water partition coefficient (Wildman–Crippen LogP) is 5.34. The minimum absolute atomic E-state index is 0.0315. The van der Waals surface area contributed by atoms with Gasteiger partial charge in [-0.15, -0.1) is 0 Å². The highest BCUT2D eigenvalue weighted by Crippen LogP contribution is 2.33. The van der Waals surface area contributed by atoms with Gasteiger partial charge in [-0.25, -0.2) is 0 Å². The van der Waals surface area contributed by atoms with Crippen LogP contribution in [0.4, 0.5) is 18.9 Å². The van der Waals surface area contributed by atoms with E-state index < -0.39 is 17.6 Å². The lowest BCUT2D eigenvalue weighted by Gasteiger charge is -2.12. The standard InChI is InChI=1S/C31H28F3N5O2/c32-31(33,34)27-20-24(10-9-23(27)6-4-18-39-16-1-2-17-39)38-29(40)11-8-22-5-3-7-25(19-22)41-26-12-13-35-28(21-26)30-36-14-15-37-30/h3,5,7-13,19-21H,1-2,14-18H2,(H,36,37)(H,38,40). The molecule has 0 bridgehead atoms. The molecule has 3 heterocycles. The molecule has 0 saturated carbocycles. The second-order valence-electron chi connectivity index (χ2n) is 9.57. The first-order valence-electron chi connectivity index (χ1n) is 13.3. The zero-order valence-electron chi connectivity index (χ0n) is 22.2. The molecule has 0 spiro atoms. The minimum atomic E-state index is -4.61. The van der Waals surface area contributed by atoms with Gasteiger partial charge in [0.05, 0.1) is 18.7 Å². The van der Waals surface area contributed by atoms with Gasteiger partial charge < -0.3 is 15.4 Å². The largest absolute Gasteiger partial charge is 0.457 e. The highest BCUT2D eigenvalue weighted by atomic mass is 19.4. The van der Waals surface area contributed by atoms with E-state index in [1.807, 2.05) is 0 Å². The Balaban J connectivity index is 1.23. The summed E-state index contributed by atoms with van der Waals surface area (Å²) in [6.45, 7) is 3.73. The van der Waals surface area contributed by atoms with Crippen molar-refractivity contribution < 1.29 is 22.7 Å². The normalized spacial score (nSPS) is 15.2. The number of aliphatic imine (C=N–C) groups is 1. The summed E-state index contributed by atoms with van der Waals surface area (Å²) in [6.07, 6.45) is 2.01. The summed E-state index contributed by atoms with van der Waals surface area (Å²) >= 11 is 0. The van der Waals surface area contributed by atoms with E-state index in [1.165, 1.54) is 18.2 Å². The fourth-order valence-electron chi connectivity index (χ4n) is 4.50. The molecular formula is C31H28F3N5O2. The average molecular weight is 560 g/mol. The topological polar surface area (TPSA) is 78.8 Å². The SMILES string of the molecule is O=C(C=Cc1cccc(Oc2ccnc(C3=NCCN3)c2)c1)Nc1ccc(C#CCN2CCCC2)c(C(F)(F)F)c1. The molecule has 2 aromatic carbocycles. The number of pyridine rings is 1. The number of rotatable bonds is 7. The van der Waals surface area contributed by atoms with E-state index in [0.717, 1.165) is 44.4 Å². The fourth-order valence-corrected chi connectivity index (χ4v) is 4.50. The van der Waals surface area contributed by atoms with Crippen LogP contribution in [0.3, 0.4) is 0 Å². The van der Waals surface area contributed by atoms with E-state index in [1.54, 1.807) is 48.7 Å². The summed E-state index contributed by atoms with van der Waals surface area (Å²) in [5.41, 5.74) is 0.393. The number of carbonyl (C=O) groups is 1. The lowest BCUT2D eigenvalue weighted by Crippen LogP contribution is -2.20. The monoisotopic (exact) mass is 559 g/mol. The van der Waals surface area contributed by atoms with Crippen LogP contribution in [0.2, 0.25) is 0 Å². The molecule has 10 heteroatoms. The molecule has 0 unspecified atom stereocenters. The van der Waals surface area contributed by atoms with E-state index in [4.69, 9.17) is 4.74 Å². The molecule has 210 valence electrons. The van der Waals surface area contributed by atoms with Crippen molar-refractivity contribution in [3.05, 3.63) is 89.3 Å².